The Morgan fingerprint density at radius 1 is 1.21 bits per heavy atom. The van der Waals surface area contributed by atoms with E-state index in [1.54, 1.807) is 14.2 Å². The van der Waals surface area contributed by atoms with Crippen LogP contribution in [0.2, 0.25) is 0 Å². The minimum Gasteiger partial charge on any atom is -0.493 e. The second kappa shape index (κ2) is 9.94. The highest BCUT2D eigenvalue weighted by Gasteiger charge is 2.24. The zero-order chi connectivity index (χ0) is 19.9. The van der Waals surface area contributed by atoms with E-state index in [9.17, 15) is 0 Å². The van der Waals surface area contributed by atoms with Gasteiger partial charge in [0.15, 0.2) is 11.5 Å². The number of methoxy groups -OCH3 is 2. The third kappa shape index (κ3) is 5.06. The van der Waals surface area contributed by atoms with E-state index in [1.807, 2.05) is 12.3 Å². The van der Waals surface area contributed by atoms with Gasteiger partial charge in [-0.25, -0.2) is 4.98 Å². The van der Waals surface area contributed by atoms with Gasteiger partial charge < -0.3 is 18.9 Å². The zero-order valence-electron chi connectivity index (χ0n) is 17.7. The maximum absolute atomic E-state index is 5.43. The number of likely N-dealkylation sites (N-methyl/N-ethyl adjacent to an activating group) is 1. The topological polar surface area (TPSA) is 42.8 Å². The second-order valence-corrected chi connectivity index (χ2v) is 7.58. The fourth-order valence-electron chi connectivity index (χ4n) is 4.04. The molecule has 154 valence electrons. The molecule has 0 radical (unpaired) electrons. The number of aromatic nitrogens is 2. The van der Waals surface area contributed by atoms with E-state index in [0.717, 1.165) is 50.6 Å². The third-order valence-electron chi connectivity index (χ3n) is 5.81. The van der Waals surface area contributed by atoms with Crippen LogP contribution in [0.3, 0.4) is 0 Å². The molecule has 0 unspecified atom stereocenters. The molecule has 6 heteroatoms. The Kier molecular flexibility index (Phi) is 7.34. The lowest BCUT2D eigenvalue weighted by Gasteiger charge is -2.37. The summed E-state index contributed by atoms with van der Waals surface area (Å²) in [5.74, 6) is 2.77. The molecule has 6 nitrogen and oxygen atoms in total. The fourth-order valence-corrected chi connectivity index (χ4v) is 4.04. The van der Waals surface area contributed by atoms with Crippen LogP contribution >= 0.6 is 0 Å². The molecule has 1 saturated heterocycles. The lowest BCUT2D eigenvalue weighted by atomic mass is 10.0. The molecule has 1 fully saturated rings. The number of rotatable bonds is 9. The molecule has 0 spiro atoms. The predicted octanol–water partition coefficient (Wildman–Crippen LogP) is 3.06. The SMILES string of the molecule is CCn1ccnc1CN1CCC[C@H](N(C)CCc2ccc(OC)c(OC)c2)C1. The first-order chi connectivity index (χ1) is 13.6. The second-order valence-electron chi connectivity index (χ2n) is 7.58. The third-order valence-corrected chi connectivity index (χ3v) is 5.81. The Bertz CT molecular complexity index is 746. The van der Waals surface area contributed by atoms with Crippen LogP contribution in [0.25, 0.3) is 0 Å². The van der Waals surface area contributed by atoms with Crippen LogP contribution < -0.4 is 9.47 Å². The molecule has 0 amide bonds. The summed E-state index contributed by atoms with van der Waals surface area (Å²) in [5, 5.41) is 0. The Labute approximate surface area is 169 Å². The minimum atomic E-state index is 0.596. The number of ether oxygens (including phenoxy) is 2. The summed E-state index contributed by atoms with van der Waals surface area (Å²) in [6.07, 6.45) is 7.51. The zero-order valence-corrected chi connectivity index (χ0v) is 17.7. The summed E-state index contributed by atoms with van der Waals surface area (Å²) in [6, 6.07) is 6.81. The summed E-state index contributed by atoms with van der Waals surface area (Å²) in [6.45, 7) is 7.41. The first kappa shape index (κ1) is 20.7. The first-order valence-electron chi connectivity index (χ1n) is 10.3. The van der Waals surface area contributed by atoms with Crippen molar-refractivity contribution in [3.63, 3.8) is 0 Å². The summed E-state index contributed by atoms with van der Waals surface area (Å²) in [4.78, 5) is 9.60. The molecule has 0 N–H and O–H groups in total. The highest BCUT2D eigenvalue weighted by molar-refractivity contribution is 5.42. The molecule has 28 heavy (non-hydrogen) atoms. The van der Waals surface area contributed by atoms with E-state index in [2.05, 4.69) is 51.7 Å². The normalized spacial score (nSPS) is 17.8. The monoisotopic (exact) mass is 386 g/mol. The molecular formula is C22H34N4O2. The molecule has 1 aromatic heterocycles. The summed E-state index contributed by atoms with van der Waals surface area (Å²) in [7, 11) is 5.61. The molecule has 2 aromatic rings. The number of hydrogen-bond acceptors (Lipinski definition) is 5. The lowest BCUT2D eigenvalue weighted by molar-refractivity contribution is 0.109. The smallest absolute Gasteiger partial charge is 0.160 e. The number of piperidine rings is 1. The van der Waals surface area contributed by atoms with Gasteiger partial charge in [0.05, 0.1) is 20.8 Å². The van der Waals surface area contributed by atoms with Crippen molar-refractivity contribution >= 4 is 0 Å². The Balaban J connectivity index is 1.53. The van der Waals surface area contributed by atoms with Crippen molar-refractivity contribution in [2.45, 2.75) is 45.3 Å². The van der Waals surface area contributed by atoms with Gasteiger partial charge in [0, 0.05) is 38.1 Å². The molecule has 1 atom stereocenters. The molecule has 2 heterocycles. The molecule has 0 bridgehead atoms. The lowest BCUT2D eigenvalue weighted by Crippen LogP contribution is -2.46. The Morgan fingerprint density at radius 2 is 2.04 bits per heavy atom. The van der Waals surface area contributed by atoms with Crippen LogP contribution in [0.15, 0.2) is 30.6 Å². The first-order valence-corrected chi connectivity index (χ1v) is 10.3. The molecule has 1 aliphatic rings. The van der Waals surface area contributed by atoms with Gasteiger partial charge in [0.1, 0.15) is 5.82 Å². The van der Waals surface area contributed by atoms with Crippen LogP contribution in [0.4, 0.5) is 0 Å². The molecule has 3 rings (SSSR count). The number of nitrogens with zero attached hydrogens (tertiary/aromatic N) is 4. The maximum Gasteiger partial charge on any atom is 0.160 e. The maximum atomic E-state index is 5.43. The summed E-state index contributed by atoms with van der Waals surface area (Å²) >= 11 is 0. The predicted molar refractivity (Wildman–Crippen MR) is 112 cm³/mol. The van der Waals surface area contributed by atoms with E-state index in [4.69, 9.17) is 9.47 Å². The van der Waals surface area contributed by atoms with E-state index < -0.39 is 0 Å². The van der Waals surface area contributed by atoms with Gasteiger partial charge >= 0.3 is 0 Å². The van der Waals surface area contributed by atoms with Gasteiger partial charge in [-0.15, -0.1) is 0 Å². The quantitative estimate of drug-likeness (QED) is 0.663. The number of hydrogen-bond donors (Lipinski definition) is 0. The molecule has 1 aromatic carbocycles. The van der Waals surface area contributed by atoms with Crippen molar-refractivity contribution in [1.29, 1.82) is 0 Å². The molecule has 1 aliphatic heterocycles. The van der Waals surface area contributed by atoms with Crippen LogP contribution in [-0.4, -0.2) is 66.3 Å². The van der Waals surface area contributed by atoms with Gasteiger partial charge in [-0.05, 0) is 57.5 Å². The molecular weight excluding hydrogens is 352 g/mol. The van der Waals surface area contributed by atoms with Crippen molar-refractivity contribution < 1.29 is 9.47 Å². The van der Waals surface area contributed by atoms with Crippen LogP contribution in [0.5, 0.6) is 11.5 Å². The van der Waals surface area contributed by atoms with E-state index in [0.29, 0.717) is 6.04 Å². The Hall–Kier alpha value is -2.05. The number of imidazole rings is 1. The van der Waals surface area contributed by atoms with Crippen molar-refractivity contribution in [2.75, 3.05) is 40.9 Å². The van der Waals surface area contributed by atoms with Gasteiger partial charge in [-0.2, -0.15) is 0 Å². The fraction of sp³-hybridized carbons (Fsp3) is 0.591. The molecule has 0 aliphatic carbocycles. The standard InChI is InChI=1S/C22H34N4O2/c1-5-26-14-11-23-22(26)17-25-12-6-7-19(16-25)24(2)13-10-18-8-9-20(27-3)21(15-18)28-4/h8-9,11,14-15,19H,5-7,10,12-13,16-17H2,1-4H3/t19-/m0/s1. The largest absolute Gasteiger partial charge is 0.493 e. The van der Waals surface area contributed by atoms with E-state index >= 15 is 0 Å². The average Bonchev–Trinajstić information content (AvgIpc) is 3.18. The summed E-state index contributed by atoms with van der Waals surface area (Å²) < 4.78 is 13.0. The van der Waals surface area contributed by atoms with Gasteiger partial charge in [0.25, 0.3) is 0 Å². The van der Waals surface area contributed by atoms with Crippen molar-refractivity contribution in [3.05, 3.63) is 42.0 Å². The van der Waals surface area contributed by atoms with Gasteiger partial charge in [-0.1, -0.05) is 6.07 Å². The number of likely N-dealkylation sites (tertiary alicyclic amines) is 1. The average molecular weight is 387 g/mol. The highest BCUT2D eigenvalue weighted by atomic mass is 16.5. The minimum absolute atomic E-state index is 0.596. The Morgan fingerprint density at radius 3 is 2.79 bits per heavy atom. The molecule has 0 saturated carbocycles. The van der Waals surface area contributed by atoms with Crippen LogP contribution in [-0.2, 0) is 19.5 Å². The van der Waals surface area contributed by atoms with E-state index in [-0.39, 0.29) is 0 Å². The highest BCUT2D eigenvalue weighted by Crippen LogP contribution is 2.28. The van der Waals surface area contributed by atoms with Crippen molar-refractivity contribution in [3.8, 4) is 11.5 Å². The van der Waals surface area contributed by atoms with Crippen LogP contribution in [0.1, 0.15) is 31.2 Å². The number of aryl methyl sites for hydroxylation is 1. The summed E-state index contributed by atoms with van der Waals surface area (Å²) in [5.41, 5.74) is 1.28. The van der Waals surface area contributed by atoms with Gasteiger partial charge in [-0.3, -0.25) is 4.90 Å². The van der Waals surface area contributed by atoms with Crippen LogP contribution in [0, 0.1) is 0 Å². The van der Waals surface area contributed by atoms with E-state index in [1.165, 1.54) is 24.2 Å². The number of benzene rings is 1. The van der Waals surface area contributed by atoms with Crippen molar-refractivity contribution in [2.24, 2.45) is 0 Å². The van der Waals surface area contributed by atoms with Gasteiger partial charge in [0.2, 0.25) is 0 Å². The van der Waals surface area contributed by atoms with Crippen molar-refractivity contribution in [1.82, 2.24) is 19.4 Å².